The smallest absolute Gasteiger partial charge is 0.242 e. The van der Waals surface area contributed by atoms with Gasteiger partial charge in [-0.2, -0.15) is 0 Å². The predicted molar refractivity (Wildman–Crippen MR) is 81.0 cm³/mol. The van der Waals surface area contributed by atoms with E-state index in [1.54, 1.807) is 11.8 Å². The minimum atomic E-state index is -0.808. The van der Waals surface area contributed by atoms with Crippen LogP contribution in [0, 0.1) is 0 Å². The first-order chi connectivity index (χ1) is 9.21. The van der Waals surface area contributed by atoms with Crippen LogP contribution in [0.2, 0.25) is 0 Å². The molecule has 98 valence electrons. The minimum Gasteiger partial charge on any atom is -0.368 e. The Morgan fingerprint density at radius 3 is 1.74 bits per heavy atom. The van der Waals surface area contributed by atoms with Gasteiger partial charge in [-0.15, -0.1) is 11.8 Å². The maximum atomic E-state index is 12.2. The summed E-state index contributed by atoms with van der Waals surface area (Å²) in [4.78, 5) is 12.2. The standard InChI is InChI=1S/C16H17NOS/c1-2-19-16(15(17)18,13-9-5-3-6-10-13)14-11-7-4-8-12-14/h3-12H,2H2,1H3,(H2,17,18). The summed E-state index contributed by atoms with van der Waals surface area (Å²) in [6, 6.07) is 19.5. The van der Waals surface area contributed by atoms with Crippen LogP contribution in [0.1, 0.15) is 18.1 Å². The number of primary amides is 1. The molecule has 0 bridgehead atoms. The van der Waals surface area contributed by atoms with Gasteiger partial charge in [0.1, 0.15) is 4.75 Å². The van der Waals surface area contributed by atoms with Crippen molar-refractivity contribution in [3.8, 4) is 0 Å². The van der Waals surface area contributed by atoms with Gasteiger partial charge in [0, 0.05) is 0 Å². The Hall–Kier alpha value is -1.74. The molecule has 0 saturated carbocycles. The van der Waals surface area contributed by atoms with Gasteiger partial charge in [-0.25, -0.2) is 0 Å². The van der Waals surface area contributed by atoms with E-state index < -0.39 is 4.75 Å². The third kappa shape index (κ3) is 2.51. The molecule has 2 rings (SSSR count). The number of nitrogens with two attached hydrogens (primary N) is 1. The number of rotatable bonds is 5. The second-order valence-corrected chi connectivity index (χ2v) is 5.69. The van der Waals surface area contributed by atoms with Crippen molar-refractivity contribution in [2.75, 3.05) is 5.75 Å². The Labute approximate surface area is 118 Å². The highest BCUT2D eigenvalue weighted by Crippen LogP contribution is 2.42. The van der Waals surface area contributed by atoms with E-state index in [1.807, 2.05) is 67.6 Å². The molecule has 2 aromatic carbocycles. The molecule has 0 aliphatic carbocycles. The molecule has 0 fully saturated rings. The Bertz CT molecular complexity index is 500. The van der Waals surface area contributed by atoms with Gasteiger partial charge in [0.05, 0.1) is 0 Å². The van der Waals surface area contributed by atoms with E-state index in [2.05, 4.69) is 0 Å². The average molecular weight is 271 g/mol. The van der Waals surface area contributed by atoms with Crippen LogP contribution >= 0.6 is 11.8 Å². The van der Waals surface area contributed by atoms with Crippen molar-refractivity contribution in [1.29, 1.82) is 0 Å². The van der Waals surface area contributed by atoms with E-state index >= 15 is 0 Å². The van der Waals surface area contributed by atoms with Crippen molar-refractivity contribution in [3.63, 3.8) is 0 Å². The van der Waals surface area contributed by atoms with Crippen LogP contribution in [0.15, 0.2) is 60.7 Å². The van der Waals surface area contributed by atoms with Crippen LogP contribution in [0.25, 0.3) is 0 Å². The fraction of sp³-hybridized carbons (Fsp3) is 0.188. The largest absolute Gasteiger partial charge is 0.368 e. The molecule has 19 heavy (non-hydrogen) atoms. The molecule has 0 atom stereocenters. The Balaban J connectivity index is 2.65. The van der Waals surface area contributed by atoms with E-state index in [9.17, 15) is 4.79 Å². The topological polar surface area (TPSA) is 43.1 Å². The van der Waals surface area contributed by atoms with Crippen LogP contribution < -0.4 is 5.73 Å². The first-order valence-corrected chi connectivity index (χ1v) is 7.25. The van der Waals surface area contributed by atoms with Crippen molar-refractivity contribution in [1.82, 2.24) is 0 Å². The maximum absolute atomic E-state index is 12.2. The fourth-order valence-electron chi connectivity index (χ4n) is 2.25. The highest BCUT2D eigenvalue weighted by molar-refractivity contribution is 8.01. The first-order valence-electron chi connectivity index (χ1n) is 6.26. The summed E-state index contributed by atoms with van der Waals surface area (Å²) in [6.45, 7) is 2.04. The molecule has 0 aliphatic rings. The molecule has 1 amide bonds. The molecule has 0 aliphatic heterocycles. The lowest BCUT2D eigenvalue weighted by molar-refractivity contribution is -0.119. The molecular weight excluding hydrogens is 254 g/mol. The van der Waals surface area contributed by atoms with Crippen LogP contribution in [-0.2, 0) is 9.54 Å². The molecular formula is C16H17NOS. The van der Waals surface area contributed by atoms with Crippen LogP contribution in [0.5, 0.6) is 0 Å². The van der Waals surface area contributed by atoms with Gasteiger partial charge >= 0.3 is 0 Å². The van der Waals surface area contributed by atoms with E-state index in [-0.39, 0.29) is 5.91 Å². The van der Waals surface area contributed by atoms with Gasteiger partial charge in [0.2, 0.25) is 5.91 Å². The monoisotopic (exact) mass is 271 g/mol. The molecule has 0 heterocycles. The second kappa shape index (κ2) is 5.93. The number of benzene rings is 2. The number of hydrogen-bond donors (Lipinski definition) is 1. The summed E-state index contributed by atoms with van der Waals surface area (Å²) >= 11 is 1.56. The molecule has 0 aromatic heterocycles. The van der Waals surface area contributed by atoms with Crippen LogP contribution in [0.4, 0.5) is 0 Å². The van der Waals surface area contributed by atoms with Crippen LogP contribution in [-0.4, -0.2) is 11.7 Å². The first kappa shape index (κ1) is 13.7. The van der Waals surface area contributed by atoms with Crippen molar-refractivity contribution < 1.29 is 4.79 Å². The maximum Gasteiger partial charge on any atom is 0.242 e. The molecule has 3 heteroatoms. The lowest BCUT2D eigenvalue weighted by Gasteiger charge is -2.30. The number of carbonyl (C=O) groups is 1. The highest BCUT2D eigenvalue weighted by atomic mass is 32.2. The van der Waals surface area contributed by atoms with Gasteiger partial charge in [-0.05, 0) is 16.9 Å². The predicted octanol–water partition coefficient (Wildman–Crippen LogP) is 3.17. The zero-order valence-corrected chi connectivity index (χ0v) is 11.7. The Kier molecular flexibility index (Phi) is 4.27. The normalized spacial score (nSPS) is 11.2. The number of hydrogen-bond acceptors (Lipinski definition) is 2. The van der Waals surface area contributed by atoms with Gasteiger partial charge in [0.15, 0.2) is 0 Å². The minimum absolute atomic E-state index is 0.322. The third-order valence-electron chi connectivity index (χ3n) is 3.07. The van der Waals surface area contributed by atoms with Gasteiger partial charge in [-0.1, -0.05) is 67.6 Å². The summed E-state index contributed by atoms with van der Waals surface area (Å²) in [5.41, 5.74) is 7.62. The summed E-state index contributed by atoms with van der Waals surface area (Å²) < 4.78 is -0.808. The molecule has 2 nitrogen and oxygen atoms in total. The van der Waals surface area contributed by atoms with Crippen molar-refractivity contribution >= 4 is 17.7 Å². The van der Waals surface area contributed by atoms with Gasteiger partial charge in [0.25, 0.3) is 0 Å². The second-order valence-electron chi connectivity index (χ2n) is 4.21. The number of carbonyl (C=O) groups excluding carboxylic acids is 1. The molecule has 2 aromatic rings. The fourth-order valence-corrected chi connectivity index (χ4v) is 3.43. The molecule has 0 radical (unpaired) electrons. The molecule has 2 N–H and O–H groups in total. The molecule has 0 saturated heterocycles. The van der Waals surface area contributed by atoms with E-state index in [0.717, 1.165) is 16.9 Å². The number of amides is 1. The third-order valence-corrected chi connectivity index (χ3v) is 4.46. The zero-order valence-electron chi connectivity index (χ0n) is 10.9. The Morgan fingerprint density at radius 2 is 1.42 bits per heavy atom. The van der Waals surface area contributed by atoms with Gasteiger partial charge < -0.3 is 5.73 Å². The highest BCUT2D eigenvalue weighted by Gasteiger charge is 2.40. The van der Waals surface area contributed by atoms with E-state index in [0.29, 0.717) is 0 Å². The molecule has 0 spiro atoms. The van der Waals surface area contributed by atoms with E-state index in [1.165, 1.54) is 0 Å². The average Bonchev–Trinajstić information content (AvgIpc) is 2.46. The van der Waals surface area contributed by atoms with Crippen molar-refractivity contribution in [3.05, 3.63) is 71.8 Å². The zero-order chi connectivity index (χ0) is 13.7. The van der Waals surface area contributed by atoms with E-state index in [4.69, 9.17) is 5.73 Å². The van der Waals surface area contributed by atoms with Crippen LogP contribution in [0.3, 0.4) is 0 Å². The van der Waals surface area contributed by atoms with Gasteiger partial charge in [-0.3, -0.25) is 4.79 Å². The Morgan fingerprint density at radius 1 is 1.00 bits per heavy atom. The molecule has 0 unspecified atom stereocenters. The summed E-state index contributed by atoms with van der Waals surface area (Å²) in [6.07, 6.45) is 0. The quantitative estimate of drug-likeness (QED) is 0.907. The lowest BCUT2D eigenvalue weighted by Crippen LogP contribution is -2.39. The van der Waals surface area contributed by atoms with Crippen molar-refractivity contribution in [2.45, 2.75) is 11.7 Å². The summed E-state index contributed by atoms with van der Waals surface area (Å²) in [5, 5.41) is 0. The SMILES string of the molecule is CCSC(C(N)=O)(c1ccccc1)c1ccccc1. The van der Waals surface area contributed by atoms with Crippen molar-refractivity contribution in [2.24, 2.45) is 5.73 Å². The number of thioether (sulfide) groups is 1. The summed E-state index contributed by atoms with van der Waals surface area (Å²) in [5.74, 6) is 0.490. The lowest BCUT2D eigenvalue weighted by atomic mass is 9.89. The summed E-state index contributed by atoms with van der Waals surface area (Å²) in [7, 11) is 0.